The van der Waals surface area contributed by atoms with E-state index in [0.29, 0.717) is 29.3 Å². The molecule has 2 N–H and O–H groups in total. The van der Waals surface area contributed by atoms with Crippen LogP contribution in [0.4, 0.5) is 0 Å². The molecular formula is C23H37NO2. The van der Waals surface area contributed by atoms with Gasteiger partial charge in [-0.25, -0.2) is 0 Å². The van der Waals surface area contributed by atoms with Crippen LogP contribution in [0.5, 0.6) is 0 Å². The van der Waals surface area contributed by atoms with Crippen LogP contribution in [-0.4, -0.2) is 18.1 Å². The fourth-order valence-corrected chi connectivity index (χ4v) is 7.73. The summed E-state index contributed by atoms with van der Waals surface area (Å²) in [5, 5.41) is 0. The number of hydrogen-bond donors (Lipinski definition) is 1. The Bertz CT molecular complexity index is 587. The molecule has 0 heterocycles. The molecule has 4 aliphatic carbocycles. The third-order valence-corrected chi connectivity index (χ3v) is 9.34. The fourth-order valence-electron chi connectivity index (χ4n) is 7.73. The minimum absolute atomic E-state index is 0.121. The first-order chi connectivity index (χ1) is 12.4. The van der Waals surface area contributed by atoms with Gasteiger partial charge < -0.3 is 5.73 Å². The summed E-state index contributed by atoms with van der Waals surface area (Å²) in [4.78, 5) is 25.8. The number of fused-ring (bicyclic) bond motifs is 5. The van der Waals surface area contributed by atoms with E-state index >= 15 is 0 Å². The maximum atomic E-state index is 13.2. The molecule has 0 radical (unpaired) electrons. The summed E-state index contributed by atoms with van der Waals surface area (Å²) in [5.74, 6) is 3.62. The molecule has 0 spiro atoms. The quantitative estimate of drug-likeness (QED) is 0.751. The van der Waals surface area contributed by atoms with E-state index in [0.717, 1.165) is 51.0 Å². The smallest absolute Gasteiger partial charge is 0.139 e. The van der Waals surface area contributed by atoms with E-state index in [9.17, 15) is 9.59 Å². The van der Waals surface area contributed by atoms with E-state index in [2.05, 4.69) is 13.8 Å². The number of unbranched alkanes of at least 4 members (excludes halogenated alkanes) is 1. The highest BCUT2D eigenvalue weighted by Crippen LogP contribution is 2.65. The Balaban J connectivity index is 1.52. The van der Waals surface area contributed by atoms with Crippen LogP contribution in [0, 0.1) is 40.4 Å². The van der Waals surface area contributed by atoms with Crippen LogP contribution < -0.4 is 5.73 Å². The minimum atomic E-state index is -0.121. The molecule has 26 heavy (non-hydrogen) atoms. The predicted molar refractivity (Wildman–Crippen MR) is 104 cm³/mol. The highest BCUT2D eigenvalue weighted by atomic mass is 16.1. The number of hydrogen-bond acceptors (Lipinski definition) is 3. The number of rotatable bonds is 4. The Labute approximate surface area is 158 Å². The van der Waals surface area contributed by atoms with Crippen LogP contribution in [0.1, 0.15) is 84.5 Å². The van der Waals surface area contributed by atoms with Gasteiger partial charge in [-0.05, 0) is 80.6 Å². The lowest BCUT2D eigenvalue weighted by molar-refractivity contribution is -0.158. The maximum absolute atomic E-state index is 13.2. The highest BCUT2D eigenvalue weighted by molar-refractivity contribution is 5.88. The van der Waals surface area contributed by atoms with Gasteiger partial charge in [0.25, 0.3) is 0 Å². The molecule has 0 aliphatic heterocycles. The lowest BCUT2D eigenvalue weighted by atomic mass is 9.44. The van der Waals surface area contributed by atoms with E-state index < -0.39 is 0 Å². The van der Waals surface area contributed by atoms with E-state index in [1.165, 1.54) is 32.1 Å². The van der Waals surface area contributed by atoms with Gasteiger partial charge in [-0.1, -0.05) is 26.7 Å². The summed E-state index contributed by atoms with van der Waals surface area (Å²) >= 11 is 0. The van der Waals surface area contributed by atoms with Gasteiger partial charge >= 0.3 is 0 Å². The van der Waals surface area contributed by atoms with Gasteiger partial charge in [0.1, 0.15) is 11.6 Å². The summed E-state index contributed by atoms with van der Waals surface area (Å²) in [6, 6.07) is 0. The van der Waals surface area contributed by atoms with Crippen molar-refractivity contribution < 1.29 is 9.59 Å². The summed E-state index contributed by atoms with van der Waals surface area (Å²) in [6.45, 7) is 5.42. The van der Waals surface area contributed by atoms with Crippen molar-refractivity contribution in [2.45, 2.75) is 84.5 Å². The zero-order valence-electron chi connectivity index (χ0n) is 16.8. The topological polar surface area (TPSA) is 60.2 Å². The van der Waals surface area contributed by atoms with Crippen LogP contribution in [0.3, 0.4) is 0 Å². The van der Waals surface area contributed by atoms with E-state index in [-0.39, 0.29) is 16.7 Å². The first kappa shape index (κ1) is 18.7. The van der Waals surface area contributed by atoms with Gasteiger partial charge in [0.2, 0.25) is 0 Å². The Morgan fingerprint density at radius 2 is 1.85 bits per heavy atom. The number of carbonyl (C=O) groups is 2. The number of ketones is 2. The number of nitrogens with two attached hydrogens (primary N) is 1. The first-order valence-corrected chi connectivity index (χ1v) is 11.2. The van der Waals surface area contributed by atoms with Gasteiger partial charge in [-0.2, -0.15) is 0 Å². The molecule has 7 atom stereocenters. The van der Waals surface area contributed by atoms with Crippen molar-refractivity contribution in [3.05, 3.63) is 0 Å². The second-order valence-corrected chi connectivity index (χ2v) is 10.4. The number of carbonyl (C=O) groups excluding carboxylic acids is 2. The summed E-state index contributed by atoms with van der Waals surface area (Å²) in [6.07, 6.45) is 12.0. The Hall–Kier alpha value is -0.700. The first-order valence-electron chi connectivity index (χ1n) is 11.2. The second kappa shape index (κ2) is 6.72. The molecule has 4 saturated carbocycles. The van der Waals surface area contributed by atoms with Crippen LogP contribution in [0.25, 0.3) is 0 Å². The number of Topliss-reactive ketones (excluding diaryl/α,β-unsaturated/α-hetero) is 2. The molecular weight excluding hydrogens is 322 g/mol. The maximum Gasteiger partial charge on any atom is 0.139 e. The summed E-state index contributed by atoms with van der Waals surface area (Å²) < 4.78 is 0. The molecule has 3 heteroatoms. The van der Waals surface area contributed by atoms with Crippen molar-refractivity contribution in [2.75, 3.05) is 6.54 Å². The normalized spacial score (nSPS) is 48.0. The average Bonchev–Trinajstić information content (AvgIpc) is 2.92. The molecule has 0 aromatic carbocycles. The average molecular weight is 360 g/mol. The molecule has 2 unspecified atom stereocenters. The summed E-state index contributed by atoms with van der Waals surface area (Å²) in [5.41, 5.74) is 5.72. The van der Waals surface area contributed by atoms with Crippen molar-refractivity contribution in [2.24, 2.45) is 46.2 Å². The Morgan fingerprint density at radius 1 is 1.04 bits per heavy atom. The van der Waals surface area contributed by atoms with Gasteiger partial charge in [-0.3, -0.25) is 9.59 Å². The Morgan fingerprint density at radius 3 is 2.62 bits per heavy atom. The third-order valence-electron chi connectivity index (χ3n) is 9.34. The summed E-state index contributed by atoms with van der Waals surface area (Å²) in [7, 11) is 0. The molecule has 0 aromatic rings. The molecule has 0 amide bonds. The molecule has 0 aromatic heterocycles. The van der Waals surface area contributed by atoms with Crippen molar-refractivity contribution in [1.82, 2.24) is 0 Å². The third kappa shape index (κ3) is 2.72. The lowest BCUT2D eigenvalue weighted by Gasteiger charge is -2.59. The molecule has 0 bridgehead atoms. The second-order valence-electron chi connectivity index (χ2n) is 10.4. The molecule has 0 saturated heterocycles. The zero-order chi connectivity index (χ0) is 18.5. The van der Waals surface area contributed by atoms with Gasteiger partial charge in [0, 0.05) is 24.2 Å². The van der Waals surface area contributed by atoms with Gasteiger partial charge in [0.15, 0.2) is 0 Å². The molecule has 4 aliphatic rings. The standard InChI is InChI=1S/C23H37NO2/c1-22-10-8-15(5-3-4-12-24)13-19(22)20(25)14-16-17-6-7-21(26)23(17,2)11-9-18(16)22/h15-19H,3-14,24H2,1-2H3/t15?,16-,17-,18-,19?,22+,23-/m0/s1. The largest absolute Gasteiger partial charge is 0.330 e. The highest BCUT2D eigenvalue weighted by Gasteiger charge is 2.62. The van der Waals surface area contributed by atoms with E-state index in [1.54, 1.807) is 0 Å². The van der Waals surface area contributed by atoms with Crippen LogP contribution in [-0.2, 0) is 9.59 Å². The lowest BCUT2D eigenvalue weighted by Crippen LogP contribution is -2.56. The van der Waals surface area contributed by atoms with Crippen molar-refractivity contribution in [3.8, 4) is 0 Å². The van der Waals surface area contributed by atoms with Crippen molar-refractivity contribution in [3.63, 3.8) is 0 Å². The fraction of sp³-hybridized carbons (Fsp3) is 0.913. The molecule has 146 valence electrons. The van der Waals surface area contributed by atoms with Gasteiger partial charge in [-0.15, -0.1) is 0 Å². The zero-order valence-corrected chi connectivity index (χ0v) is 16.8. The molecule has 3 nitrogen and oxygen atoms in total. The van der Waals surface area contributed by atoms with Crippen LogP contribution >= 0.6 is 0 Å². The molecule has 4 rings (SSSR count). The van der Waals surface area contributed by atoms with E-state index in [1.807, 2.05) is 0 Å². The monoisotopic (exact) mass is 359 g/mol. The van der Waals surface area contributed by atoms with Crippen LogP contribution in [0.15, 0.2) is 0 Å². The SMILES string of the molecule is C[C@]12CCC(CCCCN)CC1C(=O)C[C@@H]1[C@@H]2CC[C@]2(C)C(=O)CC[C@@H]12. The van der Waals surface area contributed by atoms with Crippen molar-refractivity contribution in [1.29, 1.82) is 0 Å². The van der Waals surface area contributed by atoms with E-state index in [4.69, 9.17) is 5.73 Å². The molecule has 4 fully saturated rings. The van der Waals surface area contributed by atoms with Crippen LogP contribution in [0.2, 0.25) is 0 Å². The Kier molecular flexibility index (Phi) is 4.82. The predicted octanol–water partition coefficient (Wildman–Crippen LogP) is 4.52. The van der Waals surface area contributed by atoms with Gasteiger partial charge in [0.05, 0.1) is 0 Å². The minimum Gasteiger partial charge on any atom is -0.330 e. The van der Waals surface area contributed by atoms with Crippen molar-refractivity contribution >= 4 is 11.6 Å².